The minimum absolute atomic E-state index is 0.0363. The van der Waals surface area contributed by atoms with Crippen LogP contribution in [0.1, 0.15) is 49.5 Å². The van der Waals surface area contributed by atoms with Crippen LogP contribution in [-0.4, -0.2) is 23.2 Å². The van der Waals surface area contributed by atoms with Gasteiger partial charge in [0, 0.05) is 25.6 Å². The Labute approximate surface area is 121 Å². The lowest BCUT2D eigenvalue weighted by atomic mass is 10.0. The van der Waals surface area contributed by atoms with Crippen molar-refractivity contribution in [1.29, 1.82) is 0 Å². The Hall–Kier alpha value is -0.680. The zero-order valence-corrected chi connectivity index (χ0v) is 12.5. The van der Waals surface area contributed by atoms with Gasteiger partial charge in [-0.05, 0) is 41.1 Å². The Morgan fingerprint density at radius 2 is 2.11 bits per heavy atom. The van der Waals surface area contributed by atoms with Crippen LogP contribution in [0.3, 0.4) is 0 Å². The molecule has 0 amide bonds. The maximum Gasteiger partial charge on any atom is 0.265 e. The Kier molecular flexibility index (Phi) is 4.03. The molecule has 3 rings (SSSR count). The number of nitrogens with zero attached hydrogens (tertiary/aromatic N) is 1. The number of aromatic amines is 1. The zero-order valence-electron chi connectivity index (χ0n) is 11.0. The number of hydrogen-bond acceptors (Lipinski definition) is 3. The Bertz CT molecular complexity index is 503. The number of nitrogens with one attached hydrogen (secondary N) is 1. The van der Waals surface area contributed by atoms with Crippen molar-refractivity contribution in [2.75, 3.05) is 13.2 Å². The van der Waals surface area contributed by atoms with E-state index in [2.05, 4.69) is 20.9 Å². The van der Waals surface area contributed by atoms with E-state index in [0.717, 1.165) is 50.4 Å². The normalized spacial score (nSPS) is 24.2. The highest BCUT2D eigenvalue weighted by Gasteiger charge is 2.24. The van der Waals surface area contributed by atoms with Gasteiger partial charge in [-0.25, -0.2) is 4.98 Å². The maximum atomic E-state index is 12.0. The number of rotatable bonds is 3. The van der Waals surface area contributed by atoms with E-state index in [-0.39, 0.29) is 5.56 Å². The molecule has 2 heterocycles. The van der Waals surface area contributed by atoms with Crippen LogP contribution in [0.4, 0.5) is 0 Å². The Morgan fingerprint density at radius 3 is 2.79 bits per heavy atom. The molecule has 1 unspecified atom stereocenters. The molecule has 0 radical (unpaired) electrons. The van der Waals surface area contributed by atoms with Crippen LogP contribution < -0.4 is 5.56 Å². The zero-order chi connectivity index (χ0) is 13.2. The van der Waals surface area contributed by atoms with E-state index in [1.165, 1.54) is 12.8 Å². The van der Waals surface area contributed by atoms with Crippen molar-refractivity contribution in [3.63, 3.8) is 0 Å². The smallest absolute Gasteiger partial charge is 0.265 e. The minimum atomic E-state index is -0.0363. The second kappa shape index (κ2) is 5.75. The van der Waals surface area contributed by atoms with Crippen LogP contribution in [0.15, 0.2) is 9.27 Å². The highest BCUT2D eigenvalue weighted by Crippen LogP contribution is 2.35. The van der Waals surface area contributed by atoms with E-state index in [0.29, 0.717) is 16.3 Å². The standard InChI is InChI=1S/C14H19BrN2O2/c15-12-13(10-3-1-2-4-10)16-11(17-14(12)18)7-9-5-6-19-8-9/h9-10H,1-8H2,(H,16,17,18). The van der Waals surface area contributed by atoms with Crippen LogP contribution in [0.2, 0.25) is 0 Å². The van der Waals surface area contributed by atoms with Crippen LogP contribution in [0.5, 0.6) is 0 Å². The van der Waals surface area contributed by atoms with Gasteiger partial charge >= 0.3 is 0 Å². The topological polar surface area (TPSA) is 55.0 Å². The second-order valence-corrected chi connectivity index (χ2v) is 6.42. The fourth-order valence-corrected chi connectivity index (χ4v) is 3.62. The van der Waals surface area contributed by atoms with E-state index >= 15 is 0 Å². The summed E-state index contributed by atoms with van der Waals surface area (Å²) >= 11 is 3.41. The quantitative estimate of drug-likeness (QED) is 0.929. The van der Waals surface area contributed by atoms with Gasteiger partial charge in [0.15, 0.2) is 0 Å². The number of ether oxygens (including phenoxy) is 1. The van der Waals surface area contributed by atoms with Crippen molar-refractivity contribution >= 4 is 15.9 Å². The SMILES string of the molecule is O=c1[nH]c(CC2CCOC2)nc(C2CCCC2)c1Br. The third kappa shape index (κ3) is 2.92. The molecule has 2 fully saturated rings. The molecule has 2 aliphatic rings. The largest absolute Gasteiger partial charge is 0.381 e. The maximum absolute atomic E-state index is 12.0. The molecule has 1 aliphatic heterocycles. The lowest BCUT2D eigenvalue weighted by molar-refractivity contribution is 0.185. The lowest BCUT2D eigenvalue weighted by Crippen LogP contribution is -2.19. The number of H-pyrrole nitrogens is 1. The molecule has 0 spiro atoms. The summed E-state index contributed by atoms with van der Waals surface area (Å²) in [6, 6.07) is 0. The summed E-state index contributed by atoms with van der Waals surface area (Å²) < 4.78 is 6.01. The van der Waals surface area contributed by atoms with Crippen LogP contribution in [-0.2, 0) is 11.2 Å². The number of halogens is 1. The van der Waals surface area contributed by atoms with Crippen LogP contribution >= 0.6 is 15.9 Å². The van der Waals surface area contributed by atoms with Crippen molar-refractivity contribution in [3.8, 4) is 0 Å². The molecule has 1 aromatic heterocycles. The minimum Gasteiger partial charge on any atom is -0.381 e. The summed E-state index contributed by atoms with van der Waals surface area (Å²) in [6.45, 7) is 1.62. The molecule has 0 aromatic carbocycles. The predicted octanol–water partition coefficient (Wildman–Crippen LogP) is 2.77. The second-order valence-electron chi connectivity index (χ2n) is 5.63. The number of aromatic nitrogens is 2. The van der Waals surface area contributed by atoms with Gasteiger partial charge in [-0.15, -0.1) is 0 Å². The predicted molar refractivity (Wildman–Crippen MR) is 76.4 cm³/mol. The van der Waals surface area contributed by atoms with Crippen molar-refractivity contribution in [2.45, 2.75) is 44.4 Å². The third-order valence-corrected chi connectivity index (χ3v) is 4.95. The monoisotopic (exact) mass is 326 g/mol. The third-order valence-electron chi connectivity index (χ3n) is 4.19. The van der Waals surface area contributed by atoms with Gasteiger partial charge < -0.3 is 9.72 Å². The van der Waals surface area contributed by atoms with Crippen LogP contribution in [0.25, 0.3) is 0 Å². The molecule has 1 aliphatic carbocycles. The molecule has 1 atom stereocenters. The molecule has 1 aromatic rings. The molecule has 1 saturated heterocycles. The van der Waals surface area contributed by atoms with E-state index in [1.807, 2.05) is 0 Å². The lowest BCUT2D eigenvalue weighted by Gasteiger charge is -2.13. The molecule has 19 heavy (non-hydrogen) atoms. The highest BCUT2D eigenvalue weighted by atomic mass is 79.9. The highest BCUT2D eigenvalue weighted by molar-refractivity contribution is 9.10. The van der Waals surface area contributed by atoms with Crippen molar-refractivity contribution < 1.29 is 4.74 Å². The Morgan fingerprint density at radius 1 is 1.32 bits per heavy atom. The van der Waals surface area contributed by atoms with Crippen molar-refractivity contribution in [1.82, 2.24) is 9.97 Å². The summed E-state index contributed by atoms with van der Waals surface area (Å²) in [5.74, 6) is 1.78. The van der Waals surface area contributed by atoms with Crippen molar-refractivity contribution in [2.24, 2.45) is 5.92 Å². The fraction of sp³-hybridized carbons (Fsp3) is 0.714. The van der Waals surface area contributed by atoms with E-state index < -0.39 is 0 Å². The van der Waals surface area contributed by atoms with Gasteiger partial charge in [-0.2, -0.15) is 0 Å². The van der Waals surface area contributed by atoms with Gasteiger partial charge in [0.05, 0.1) is 5.69 Å². The van der Waals surface area contributed by atoms with E-state index in [9.17, 15) is 4.79 Å². The molecule has 1 saturated carbocycles. The summed E-state index contributed by atoms with van der Waals surface area (Å²) in [5, 5.41) is 0. The van der Waals surface area contributed by atoms with Gasteiger partial charge in [0.25, 0.3) is 5.56 Å². The molecule has 5 heteroatoms. The number of hydrogen-bond donors (Lipinski definition) is 1. The van der Waals surface area contributed by atoms with E-state index in [4.69, 9.17) is 9.72 Å². The summed E-state index contributed by atoms with van der Waals surface area (Å²) in [5.41, 5.74) is 0.931. The van der Waals surface area contributed by atoms with Gasteiger partial charge in [-0.1, -0.05) is 12.8 Å². The molecule has 0 bridgehead atoms. The average molecular weight is 327 g/mol. The first-order valence-electron chi connectivity index (χ1n) is 7.10. The molecular weight excluding hydrogens is 308 g/mol. The first-order valence-corrected chi connectivity index (χ1v) is 7.89. The van der Waals surface area contributed by atoms with Gasteiger partial charge in [0.1, 0.15) is 10.3 Å². The Balaban J connectivity index is 1.86. The fourth-order valence-electron chi connectivity index (χ4n) is 3.11. The van der Waals surface area contributed by atoms with Gasteiger partial charge in [-0.3, -0.25) is 4.79 Å². The molecule has 1 N–H and O–H groups in total. The van der Waals surface area contributed by atoms with Crippen LogP contribution in [0, 0.1) is 5.92 Å². The summed E-state index contributed by atoms with van der Waals surface area (Å²) in [7, 11) is 0. The molecular formula is C14H19BrN2O2. The molecule has 4 nitrogen and oxygen atoms in total. The summed E-state index contributed by atoms with van der Waals surface area (Å²) in [4.78, 5) is 19.6. The molecule has 104 valence electrons. The summed E-state index contributed by atoms with van der Waals surface area (Å²) in [6.07, 6.45) is 6.69. The first kappa shape index (κ1) is 13.3. The van der Waals surface area contributed by atoms with Gasteiger partial charge in [0.2, 0.25) is 0 Å². The first-order chi connectivity index (χ1) is 9.24. The van der Waals surface area contributed by atoms with Crippen molar-refractivity contribution in [3.05, 3.63) is 26.3 Å². The van der Waals surface area contributed by atoms with E-state index in [1.54, 1.807) is 0 Å². The average Bonchev–Trinajstić information content (AvgIpc) is 3.06.